The molecule has 2 rings (SSSR count). The molecule has 0 aromatic heterocycles. The highest BCUT2D eigenvalue weighted by Crippen LogP contribution is 2.27. The summed E-state index contributed by atoms with van der Waals surface area (Å²) < 4.78 is 28.1. The first-order chi connectivity index (χ1) is 12.2. The Kier molecular flexibility index (Phi) is 7.16. The van der Waals surface area contributed by atoms with E-state index in [1.165, 1.54) is 17.8 Å². The number of sulfonamides is 1. The molecule has 1 heterocycles. The molecule has 1 fully saturated rings. The summed E-state index contributed by atoms with van der Waals surface area (Å²) in [4.78, 5) is 15.8. The Labute approximate surface area is 162 Å². The Balaban J connectivity index is 2.32. The molecule has 1 atom stereocenters. The minimum Gasteiger partial charge on any atom is -0.339 e. The van der Waals surface area contributed by atoms with Crippen LogP contribution in [0.3, 0.4) is 0 Å². The summed E-state index contributed by atoms with van der Waals surface area (Å²) in [6, 6.07) is 4.67. The Bertz CT molecular complexity index is 739. The summed E-state index contributed by atoms with van der Waals surface area (Å²) in [5, 5.41) is 0. The van der Waals surface area contributed by atoms with Gasteiger partial charge in [-0.05, 0) is 56.1 Å². The molecule has 7 heteroatoms. The van der Waals surface area contributed by atoms with E-state index in [1.54, 1.807) is 12.1 Å². The highest BCUT2D eigenvalue weighted by molar-refractivity contribution is 7.98. The fraction of sp³-hybridized carbons (Fsp3) is 0.632. The second kappa shape index (κ2) is 8.76. The maximum absolute atomic E-state index is 13.0. The summed E-state index contributed by atoms with van der Waals surface area (Å²) in [6.07, 6.45) is 3.88. The lowest BCUT2D eigenvalue weighted by Gasteiger charge is -2.31. The first-order valence-electron chi connectivity index (χ1n) is 9.15. The van der Waals surface area contributed by atoms with Crippen molar-refractivity contribution in [3.8, 4) is 0 Å². The lowest BCUT2D eigenvalue weighted by molar-refractivity contribution is 0.0693. The van der Waals surface area contributed by atoms with Gasteiger partial charge in [-0.3, -0.25) is 4.79 Å². The van der Waals surface area contributed by atoms with Gasteiger partial charge in [-0.2, -0.15) is 0 Å². The van der Waals surface area contributed by atoms with Crippen LogP contribution in [0.5, 0.6) is 0 Å². The Morgan fingerprint density at radius 2 is 1.85 bits per heavy atom. The van der Waals surface area contributed by atoms with Crippen LogP contribution in [0.4, 0.5) is 0 Å². The van der Waals surface area contributed by atoms with Gasteiger partial charge in [0, 0.05) is 24.0 Å². The van der Waals surface area contributed by atoms with Crippen molar-refractivity contribution in [3.05, 3.63) is 23.8 Å². The molecular weight excluding hydrogens is 368 g/mol. The molecule has 5 nitrogen and oxygen atoms in total. The number of piperidine rings is 1. The number of benzene rings is 1. The third-order valence-electron chi connectivity index (χ3n) is 5.12. The minimum atomic E-state index is -3.66. The number of likely N-dealkylation sites (tertiary alicyclic amines) is 1. The zero-order valence-electron chi connectivity index (χ0n) is 16.3. The summed E-state index contributed by atoms with van der Waals surface area (Å²) in [7, 11) is -3.66. The van der Waals surface area contributed by atoms with E-state index in [4.69, 9.17) is 0 Å². The van der Waals surface area contributed by atoms with Crippen LogP contribution in [0, 0.1) is 11.8 Å². The molecule has 0 spiro atoms. The van der Waals surface area contributed by atoms with Gasteiger partial charge in [0.05, 0.1) is 10.5 Å². The van der Waals surface area contributed by atoms with Gasteiger partial charge in [-0.1, -0.05) is 20.8 Å². The van der Waals surface area contributed by atoms with Crippen LogP contribution in [-0.2, 0) is 10.0 Å². The zero-order chi connectivity index (χ0) is 19.5. The van der Waals surface area contributed by atoms with Crippen molar-refractivity contribution in [3.63, 3.8) is 0 Å². The SMILES string of the molecule is CSc1ccc(S(=O)(=O)N[C@H](C)C(C)C)cc1C(=O)N1CCC(C)CC1. The quantitative estimate of drug-likeness (QED) is 0.744. The number of carbonyl (C=O) groups excluding carboxylic acids is 1. The number of rotatable bonds is 6. The predicted octanol–water partition coefficient (Wildman–Crippen LogP) is 3.60. The minimum absolute atomic E-state index is 0.0739. The number of thioether (sulfide) groups is 1. The van der Waals surface area contributed by atoms with Crippen LogP contribution >= 0.6 is 11.8 Å². The summed E-state index contributed by atoms with van der Waals surface area (Å²) in [6.45, 7) is 9.44. The van der Waals surface area contributed by atoms with E-state index in [9.17, 15) is 13.2 Å². The van der Waals surface area contributed by atoms with Gasteiger partial charge >= 0.3 is 0 Å². The van der Waals surface area contributed by atoms with Crippen molar-refractivity contribution < 1.29 is 13.2 Å². The van der Waals surface area contributed by atoms with Crippen molar-refractivity contribution in [1.82, 2.24) is 9.62 Å². The Hall–Kier alpha value is -1.05. The zero-order valence-corrected chi connectivity index (χ0v) is 17.9. The average molecular weight is 399 g/mol. The van der Waals surface area contributed by atoms with Crippen molar-refractivity contribution in [2.45, 2.75) is 56.4 Å². The molecule has 1 saturated heterocycles. The second-order valence-corrected chi connectivity index (χ2v) is 10.1. The van der Waals surface area contributed by atoms with E-state index in [0.29, 0.717) is 11.5 Å². The average Bonchev–Trinajstić information content (AvgIpc) is 2.60. The highest BCUT2D eigenvalue weighted by Gasteiger charge is 2.26. The Morgan fingerprint density at radius 3 is 2.38 bits per heavy atom. The molecule has 26 heavy (non-hydrogen) atoms. The number of hydrogen-bond acceptors (Lipinski definition) is 4. The van der Waals surface area contributed by atoms with Crippen molar-refractivity contribution in [1.29, 1.82) is 0 Å². The van der Waals surface area contributed by atoms with Crippen LogP contribution in [0.25, 0.3) is 0 Å². The maximum atomic E-state index is 13.0. The molecule has 1 amide bonds. The molecule has 0 radical (unpaired) electrons. The van der Waals surface area contributed by atoms with E-state index < -0.39 is 10.0 Å². The van der Waals surface area contributed by atoms with E-state index in [0.717, 1.165) is 30.8 Å². The standard InChI is InChI=1S/C19H30N2O3S2/c1-13(2)15(4)20-26(23,24)16-6-7-18(25-5)17(12-16)19(22)21-10-8-14(3)9-11-21/h6-7,12-15,20H,8-11H2,1-5H3/t15-/m1/s1. The molecule has 146 valence electrons. The van der Waals surface area contributed by atoms with Crippen LogP contribution in [0.1, 0.15) is 50.9 Å². The van der Waals surface area contributed by atoms with Gasteiger partial charge in [-0.15, -0.1) is 11.8 Å². The van der Waals surface area contributed by atoms with Crippen LogP contribution in [-0.4, -0.2) is 44.6 Å². The fourth-order valence-electron chi connectivity index (χ4n) is 2.85. The van der Waals surface area contributed by atoms with E-state index in [1.807, 2.05) is 31.9 Å². The van der Waals surface area contributed by atoms with Gasteiger partial charge in [0.15, 0.2) is 0 Å². The molecule has 1 aromatic carbocycles. The summed E-state index contributed by atoms with van der Waals surface area (Å²) >= 11 is 1.46. The largest absolute Gasteiger partial charge is 0.339 e. The summed E-state index contributed by atoms with van der Waals surface area (Å²) in [5.41, 5.74) is 0.479. The topological polar surface area (TPSA) is 66.5 Å². The summed E-state index contributed by atoms with van der Waals surface area (Å²) in [5.74, 6) is 0.745. The van der Waals surface area contributed by atoms with E-state index in [2.05, 4.69) is 11.6 Å². The number of nitrogens with zero attached hydrogens (tertiary/aromatic N) is 1. The monoisotopic (exact) mass is 398 g/mol. The second-order valence-electron chi connectivity index (χ2n) is 7.49. The van der Waals surface area contributed by atoms with Gasteiger partial charge in [0.1, 0.15) is 0 Å². The predicted molar refractivity (Wildman–Crippen MR) is 107 cm³/mol. The smallest absolute Gasteiger partial charge is 0.255 e. The number of carbonyl (C=O) groups is 1. The molecule has 1 aliphatic rings. The van der Waals surface area contributed by atoms with Crippen molar-refractivity contribution in [2.24, 2.45) is 11.8 Å². The van der Waals surface area contributed by atoms with Gasteiger partial charge in [0.2, 0.25) is 10.0 Å². The highest BCUT2D eigenvalue weighted by atomic mass is 32.2. The molecule has 0 unspecified atom stereocenters. The van der Waals surface area contributed by atoms with Crippen LogP contribution in [0.2, 0.25) is 0 Å². The van der Waals surface area contributed by atoms with Crippen LogP contribution < -0.4 is 4.72 Å². The molecule has 0 aliphatic carbocycles. The van der Waals surface area contributed by atoms with Crippen LogP contribution in [0.15, 0.2) is 28.0 Å². The molecule has 1 N–H and O–H groups in total. The first kappa shape index (κ1) is 21.3. The molecular formula is C19H30N2O3S2. The lowest BCUT2D eigenvalue weighted by Crippen LogP contribution is -2.38. The first-order valence-corrected chi connectivity index (χ1v) is 11.9. The van der Waals surface area contributed by atoms with E-state index >= 15 is 0 Å². The number of nitrogens with one attached hydrogen (secondary N) is 1. The molecule has 1 aromatic rings. The van der Waals surface area contributed by atoms with E-state index in [-0.39, 0.29) is 22.8 Å². The molecule has 0 bridgehead atoms. The fourth-order valence-corrected chi connectivity index (χ4v) is 4.84. The third-order valence-corrected chi connectivity index (χ3v) is 7.48. The van der Waals surface area contributed by atoms with Crippen molar-refractivity contribution >= 4 is 27.7 Å². The Morgan fingerprint density at radius 1 is 1.23 bits per heavy atom. The number of hydrogen-bond donors (Lipinski definition) is 1. The van der Waals surface area contributed by atoms with Gasteiger partial charge in [-0.25, -0.2) is 13.1 Å². The van der Waals surface area contributed by atoms with Gasteiger partial charge < -0.3 is 4.90 Å². The van der Waals surface area contributed by atoms with Crippen molar-refractivity contribution in [2.75, 3.05) is 19.3 Å². The molecule has 1 aliphatic heterocycles. The number of amides is 1. The third kappa shape index (κ3) is 5.02. The normalized spacial score (nSPS) is 17.5. The lowest BCUT2D eigenvalue weighted by atomic mass is 9.98. The maximum Gasteiger partial charge on any atom is 0.255 e. The van der Waals surface area contributed by atoms with Gasteiger partial charge in [0.25, 0.3) is 5.91 Å². The molecule has 0 saturated carbocycles.